The van der Waals surface area contributed by atoms with E-state index in [1.165, 1.54) is 6.33 Å². The van der Waals surface area contributed by atoms with Gasteiger partial charge in [0, 0.05) is 26.2 Å². The predicted molar refractivity (Wildman–Crippen MR) is 126 cm³/mol. The van der Waals surface area contributed by atoms with E-state index in [1.54, 1.807) is 18.7 Å². The van der Waals surface area contributed by atoms with Crippen molar-refractivity contribution in [2.75, 3.05) is 38.2 Å². The Balaban J connectivity index is 1.28. The van der Waals surface area contributed by atoms with Gasteiger partial charge in [0.05, 0.1) is 12.8 Å². The fourth-order valence-corrected chi connectivity index (χ4v) is 4.01. The van der Waals surface area contributed by atoms with Crippen LogP contribution in [-0.2, 0) is 4.79 Å². The Morgan fingerprint density at radius 3 is 2.38 bits per heavy atom. The Hall–Kier alpha value is -4.21. The minimum absolute atomic E-state index is 0.0261. The van der Waals surface area contributed by atoms with Crippen LogP contribution in [0.2, 0.25) is 0 Å². The summed E-state index contributed by atoms with van der Waals surface area (Å²) >= 11 is 0. The van der Waals surface area contributed by atoms with E-state index in [9.17, 15) is 4.79 Å². The van der Waals surface area contributed by atoms with E-state index < -0.39 is 6.10 Å². The quantitative estimate of drug-likeness (QED) is 0.433. The third-order valence-electron chi connectivity index (χ3n) is 5.83. The standard InChI is InChI=1S/C24H25N7O3/c1-17(34-20-6-4-3-5-7-20)24(32)30-14-12-29(13-15-30)22-21-23(26-16-25-22)31(28-27-21)18-8-10-19(33-2)11-9-18/h3-11,16-17H,12-15H2,1-2H3. The lowest BCUT2D eigenvalue weighted by atomic mass is 10.2. The second kappa shape index (κ2) is 9.34. The fraction of sp³-hybridized carbons (Fsp3) is 0.292. The first-order valence-electron chi connectivity index (χ1n) is 11.1. The van der Waals surface area contributed by atoms with Gasteiger partial charge in [-0.25, -0.2) is 9.97 Å². The zero-order valence-corrected chi connectivity index (χ0v) is 19.0. The molecule has 1 fully saturated rings. The molecule has 1 amide bonds. The van der Waals surface area contributed by atoms with Crippen molar-refractivity contribution in [1.29, 1.82) is 0 Å². The molecule has 1 saturated heterocycles. The average molecular weight is 460 g/mol. The maximum Gasteiger partial charge on any atom is 0.263 e. The number of benzene rings is 2. The van der Waals surface area contributed by atoms with Gasteiger partial charge in [-0.05, 0) is 43.3 Å². The third-order valence-corrected chi connectivity index (χ3v) is 5.83. The highest BCUT2D eigenvalue weighted by atomic mass is 16.5. The molecule has 34 heavy (non-hydrogen) atoms. The lowest BCUT2D eigenvalue weighted by Crippen LogP contribution is -2.52. The van der Waals surface area contributed by atoms with Crippen molar-refractivity contribution in [1.82, 2.24) is 29.9 Å². The van der Waals surface area contributed by atoms with Gasteiger partial charge in [0.15, 0.2) is 23.1 Å². The zero-order chi connectivity index (χ0) is 23.5. The molecule has 0 saturated carbocycles. The Kier molecular flexibility index (Phi) is 5.94. The predicted octanol–water partition coefficient (Wildman–Crippen LogP) is 2.34. The highest BCUT2D eigenvalue weighted by molar-refractivity contribution is 5.84. The van der Waals surface area contributed by atoms with Gasteiger partial charge in [0.2, 0.25) is 0 Å². The molecule has 1 aliphatic rings. The first-order chi connectivity index (χ1) is 16.6. The number of amides is 1. The summed E-state index contributed by atoms with van der Waals surface area (Å²) in [6.07, 6.45) is 0.970. The average Bonchev–Trinajstić information content (AvgIpc) is 3.33. The number of carbonyl (C=O) groups excluding carboxylic acids is 1. The molecule has 10 heteroatoms. The van der Waals surface area contributed by atoms with Crippen molar-refractivity contribution in [3.63, 3.8) is 0 Å². The summed E-state index contributed by atoms with van der Waals surface area (Å²) in [4.78, 5) is 25.7. The van der Waals surface area contributed by atoms with Crippen LogP contribution in [0.15, 0.2) is 60.9 Å². The molecular formula is C24H25N7O3. The smallest absolute Gasteiger partial charge is 0.263 e. The number of nitrogens with zero attached hydrogens (tertiary/aromatic N) is 7. The molecule has 10 nitrogen and oxygen atoms in total. The van der Waals surface area contributed by atoms with Crippen molar-refractivity contribution < 1.29 is 14.3 Å². The summed E-state index contributed by atoms with van der Waals surface area (Å²) in [5, 5.41) is 8.65. The maximum atomic E-state index is 12.9. The normalized spacial score (nSPS) is 14.8. The van der Waals surface area contributed by atoms with E-state index in [4.69, 9.17) is 9.47 Å². The van der Waals surface area contributed by atoms with Crippen molar-refractivity contribution in [2.45, 2.75) is 13.0 Å². The Labute approximate surface area is 196 Å². The van der Waals surface area contributed by atoms with Gasteiger partial charge in [-0.1, -0.05) is 23.4 Å². The number of ether oxygens (including phenoxy) is 2. The lowest BCUT2D eigenvalue weighted by Gasteiger charge is -2.36. The molecule has 3 heterocycles. The first-order valence-corrected chi connectivity index (χ1v) is 11.1. The van der Waals surface area contributed by atoms with Crippen LogP contribution in [0.25, 0.3) is 16.9 Å². The number of anilines is 1. The second-order valence-electron chi connectivity index (χ2n) is 7.95. The van der Waals surface area contributed by atoms with E-state index in [-0.39, 0.29) is 5.91 Å². The highest BCUT2D eigenvalue weighted by Crippen LogP contribution is 2.24. The maximum absolute atomic E-state index is 12.9. The monoisotopic (exact) mass is 459 g/mol. The molecule has 0 bridgehead atoms. The number of hydrogen-bond donors (Lipinski definition) is 0. The number of fused-ring (bicyclic) bond motifs is 1. The van der Waals surface area contributed by atoms with Crippen molar-refractivity contribution >= 4 is 22.9 Å². The first kappa shape index (κ1) is 21.6. The Morgan fingerprint density at radius 2 is 1.68 bits per heavy atom. The van der Waals surface area contributed by atoms with Crippen molar-refractivity contribution in [2.24, 2.45) is 0 Å². The molecule has 2 aromatic heterocycles. The van der Waals surface area contributed by atoms with Crippen LogP contribution in [-0.4, -0.2) is 75.2 Å². The van der Waals surface area contributed by atoms with Gasteiger partial charge in [-0.2, -0.15) is 4.68 Å². The number of carbonyl (C=O) groups is 1. The molecule has 174 valence electrons. The van der Waals surface area contributed by atoms with Crippen LogP contribution in [0.3, 0.4) is 0 Å². The van der Waals surface area contributed by atoms with Crippen LogP contribution >= 0.6 is 0 Å². The van der Waals surface area contributed by atoms with Crippen molar-refractivity contribution in [3.8, 4) is 17.2 Å². The second-order valence-corrected chi connectivity index (χ2v) is 7.95. The van der Waals surface area contributed by atoms with Gasteiger partial charge in [0.25, 0.3) is 5.91 Å². The summed E-state index contributed by atoms with van der Waals surface area (Å²) in [5.74, 6) is 2.14. The number of para-hydroxylation sites is 1. The third kappa shape index (κ3) is 4.21. The van der Waals surface area contributed by atoms with Crippen LogP contribution in [0.4, 0.5) is 5.82 Å². The molecule has 0 N–H and O–H groups in total. The molecule has 2 aromatic carbocycles. The summed E-state index contributed by atoms with van der Waals surface area (Å²) in [5.41, 5.74) is 2.08. The molecule has 5 rings (SSSR count). The summed E-state index contributed by atoms with van der Waals surface area (Å²) in [7, 11) is 1.63. The van der Waals surface area contributed by atoms with Gasteiger partial charge in [0.1, 0.15) is 17.8 Å². The summed E-state index contributed by atoms with van der Waals surface area (Å²) in [6, 6.07) is 16.9. The summed E-state index contributed by atoms with van der Waals surface area (Å²) < 4.78 is 12.7. The molecule has 1 aliphatic heterocycles. The van der Waals surface area contributed by atoms with Gasteiger partial charge >= 0.3 is 0 Å². The van der Waals surface area contributed by atoms with E-state index in [1.807, 2.05) is 59.5 Å². The Bertz CT molecular complexity index is 1270. The lowest BCUT2D eigenvalue weighted by molar-refractivity contribution is -0.138. The molecular weight excluding hydrogens is 434 g/mol. The van der Waals surface area contributed by atoms with Gasteiger partial charge < -0.3 is 19.3 Å². The minimum Gasteiger partial charge on any atom is -0.497 e. The topological polar surface area (TPSA) is 98.5 Å². The molecule has 1 unspecified atom stereocenters. The van der Waals surface area contributed by atoms with Crippen LogP contribution < -0.4 is 14.4 Å². The molecule has 0 radical (unpaired) electrons. The number of rotatable bonds is 6. The largest absolute Gasteiger partial charge is 0.497 e. The number of aromatic nitrogens is 5. The number of hydrogen-bond acceptors (Lipinski definition) is 8. The van der Waals surface area contributed by atoms with E-state index in [2.05, 4.69) is 25.2 Å². The minimum atomic E-state index is -0.552. The molecule has 4 aromatic rings. The van der Waals surface area contributed by atoms with E-state index in [0.717, 1.165) is 11.4 Å². The number of methoxy groups -OCH3 is 1. The van der Waals surface area contributed by atoms with Gasteiger partial charge in [-0.3, -0.25) is 4.79 Å². The molecule has 0 aliphatic carbocycles. The molecule has 1 atom stereocenters. The van der Waals surface area contributed by atoms with Crippen LogP contribution in [0.1, 0.15) is 6.92 Å². The van der Waals surface area contributed by atoms with Gasteiger partial charge in [-0.15, -0.1) is 5.10 Å². The summed E-state index contributed by atoms with van der Waals surface area (Å²) in [6.45, 7) is 4.18. The Morgan fingerprint density at radius 1 is 0.941 bits per heavy atom. The number of piperazine rings is 1. The van der Waals surface area contributed by atoms with Crippen molar-refractivity contribution in [3.05, 3.63) is 60.9 Å². The fourth-order valence-electron chi connectivity index (χ4n) is 4.01. The van der Waals surface area contributed by atoms with E-state index in [0.29, 0.717) is 48.9 Å². The zero-order valence-electron chi connectivity index (χ0n) is 19.0. The van der Waals surface area contributed by atoms with E-state index >= 15 is 0 Å². The molecule has 0 spiro atoms. The highest BCUT2D eigenvalue weighted by Gasteiger charge is 2.28. The van der Waals surface area contributed by atoms with Crippen LogP contribution in [0.5, 0.6) is 11.5 Å². The SMILES string of the molecule is COc1ccc(-n2nnc3c(N4CCN(C(=O)C(C)Oc5ccccc5)CC4)ncnc32)cc1. The van der Waals surface area contributed by atoms with Crippen LogP contribution in [0, 0.1) is 0 Å².